The zero-order valence-electron chi connectivity index (χ0n) is 15.8. The number of piperidine rings is 2. The maximum Gasteiger partial charge on any atom is 0.252 e. The normalized spacial score (nSPS) is 27.6. The molecule has 0 radical (unpaired) electrons. The van der Waals surface area contributed by atoms with Gasteiger partial charge in [0.1, 0.15) is 0 Å². The van der Waals surface area contributed by atoms with E-state index in [4.69, 9.17) is 0 Å². The van der Waals surface area contributed by atoms with Gasteiger partial charge in [0.15, 0.2) is 0 Å². The van der Waals surface area contributed by atoms with Gasteiger partial charge < -0.3 is 15.0 Å². The molecule has 0 amide bonds. The third-order valence-electron chi connectivity index (χ3n) is 6.57. The van der Waals surface area contributed by atoms with Gasteiger partial charge in [0.05, 0.1) is 6.61 Å². The molecule has 0 aliphatic carbocycles. The van der Waals surface area contributed by atoms with Crippen LogP contribution in [-0.2, 0) is 6.54 Å². The third-order valence-corrected chi connectivity index (χ3v) is 6.57. The van der Waals surface area contributed by atoms with E-state index in [0.29, 0.717) is 12.6 Å². The summed E-state index contributed by atoms with van der Waals surface area (Å²) in [4.78, 5) is 20.4. The molecule has 2 atom stereocenters. The van der Waals surface area contributed by atoms with Crippen LogP contribution < -0.4 is 5.56 Å². The first-order valence-corrected chi connectivity index (χ1v) is 9.67. The fourth-order valence-electron chi connectivity index (χ4n) is 4.94. The Labute approximate surface area is 154 Å². The second-order valence-electron chi connectivity index (χ2n) is 8.32. The van der Waals surface area contributed by atoms with Crippen molar-refractivity contribution in [3.8, 4) is 0 Å². The number of H-pyrrole nitrogens is 1. The topological polar surface area (TPSA) is 59.6 Å². The number of hydrogen-bond donors (Lipinski definition) is 2. The van der Waals surface area contributed by atoms with Crippen molar-refractivity contribution in [2.45, 2.75) is 38.8 Å². The molecule has 4 rings (SSSR count). The molecule has 1 aromatic heterocycles. The lowest BCUT2D eigenvalue weighted by molar-refractivity contribution is -0.0685. The number of aliphatic hydroxyl groups is 1. The predicted octanol–water partition coefficient (Wildman–Crippen LogP) is 2.12. The van der Waals surface area contributed by atoms with Crippen molar-refractivity contribution in [3.05, 3.63) is 45.7 Å². The van der Waals surface area contributed by atoms with E-state index in [1.165, 1.54) is 0 Å². The molecule has 0 spiro atoms. The molecule has 1 aromatic carbocycles. The van der Waals surface area contributed by atoms with Crippen LogP contribution in [0.5, 0.6) is 0 Å². The summed E-state index contributed by atoms with van der Waals surface area (Å²) in [5, 5.41) is 11.1. The van der Waals surface area contributed by atoms with Gasteiger partial charge in [-0.25, -0.2) is 0 Å². The van der Waals surface area contributed by atoms with E-state index in [9.17, 15) is 9.90 Å². The van der Waals surface area contributed by atoms with Gasteiger partial charge in [-0.2, -0.15) is 0 Å². The summed E-state index contributed by atoms with van der Waals surface area (Å²) in [7, 11) is 2.17. The number of rotatable bonds is 3. The number of benzene rings is 1. The van der Waals surface area contributed by atoms with E-state index in [-0.39, 0.29) is 17.6 Å². The van der Waals surface area contributed by atoms with Gasteiger partial charge in [-0.1, -0.05) is 12.1 Å². The molecule has 2 N–H and O–H groups in total. The van der Waals surface area contributed by atoms with Gasteiger partial charge in [-0.05, 0) is 69.4 Å². The standard InChI is InChI=1S/C21H29N3O2/c1-15-4-5-16-11-17(20(26)22-18(16)10-15)12-24-9-7-21(14-25)6-3-8-23(2)19(21)13-24/h4-5,10-11,19,25H,3,6-9,12-14H2,1-2H3,(H,22,26)/t19-,21-/m1/s1. The number of fused-ring (bicyclic) bond motifs is 2. The Hall–Kier alpha value is -1.69. The fourth-order valence-corrected chi connectivity index (χ4v) is 4.94. The molecule has 3 heterocycles. The van der Waals surface area contributed by atoms with Crippen molar-refractivity contribution in [1.82, 2.24) is 14.8 Å². The molecule has 0 unspecified atom stereocenters. The Balaban J connectivity index is 1.56. The summed E-state index contributed by atoms with van der Waals surface area (Å²) < 4.78 is 0. The van der Waals surface area contributed by atoms with Crippen molar-refractivity contribution in [1.29, 1.82) is 0 Å². The van der Waals surface area contributed by atoms with Crippen molar-refractivity contribution < 1.29 is 5.11 Å². The summed E-state index contributed by atoms with van der Waals surface area (Å²) in [5.74, 6) is 0. The molecular formula is C21H29N3O2. The maximum atomic E-state index is 12.6. The minimum atomic E-state index is 0.0130. The van der Waals surface area contributed by atoms with E-state index in [0.717, 1.165) is 60.9 Å². The summed E-state index contributed by atoms with van der Waals surface area (Å²) >= 11 is 0. The molecule has 2 aromatic rings. The van der Waals surface area contributed by atoms with Crippen molar-refractivity contribution >= 4 is 10.9 Å². The first-order chi connectivity index (χ1) is 12.5. The summed E-state index contributed by atoms with van der Waals surface area (Å²) in [5.41, 5.74) is 2.94. The fraction of sp³-hybridized carbons (Fsp3) is 0.571. The van der Waals surface area contributed by atoms with Gasteiger partial charge in [0, 0.05) is 35.6 Å². The van der Waals surface area contributed by atoms with Gasteiger partial charge in [0.25, 0.3) is 5.56 Å². The monoisotopic (exact) mass is 355 g/mol. The van der Waals surface area contributed by atoms with Crippen LogP contribution in [0.2, 0.25) is 0 Å². The molecule has 2 saturated heterocycles. The number of hydrogen-bond acceptors (Lipinski definition) is 4. The number of aromatic nitrogens is 1. The van der Waals surface area contributed by atoms with E-state index in [1.807, 2.05) is 19.1 Å². The molecule has 140 valence electrons. The van der Waals surface area contributed by atoms with E-state index in [1.54, 1.807) is 0 Å². The number of aromatic amines is 1. The second kappa shape index (κ2) is 6.80. The molecular weight excluding hydrogens is 326 g/mol. The third kappa shape index (κ3) is 3.08. The van der Waals surface area contributed by atoms with Crippen molar-refractivity contribution in [2.24, 2.45) is 5.41 Å². The lowest BCUT2D eigenvalue weighted by Gasteiger charge is -2.53. The quantitative estimate of drug-likeness (QED) is 0.885. The Bertz CT molecular complexity index is 862. The zero-order chi connectivity index (χ0) is 18.3. The second-order valence-corrected chi connectivity index (χ2v) is 8.32. The summed E-state index contributed by atoms with van der Waals surface area (Å²) in [6.07, 6.45) is 3.28. The molecule has 0 bridgehead atoms. The van der Waals surface area contributed by atoms with E-state index in [2.05, 4.69) is 34.0 Å². The number of aliphatic hydroxyl groups excluding tert-OH is 1. The average molecular weight is 355 g/mol. The highest BCUT2D eigenvalue weighted by Gasteiger charge is 2.46. The highest BCUT2D eigenvalue weighted by Crippen LogP contribution is 2.41. The molecule has 5 nitrogen and oxygen atoms in total. The number of aryl methyl sites for hydroxylation is 1. The van der Waals surface area contributed by atoms with Crippen LogP contribution in [0.25, 0.3) is 10.9 Å². The Kier molecular flexibility index (Phi) is 4.63. The minimum absolute atomic E-state index is 0.0130. The average Bonchev–Trinajstić information content (AvgIpc) is 2.63. The van der Waals surface area contributed by atoms with Crippen LogP contribution >= 0.6 is 0 Å². The molecule has 5 heteroatoms. The van der Waals surface area contributed by atoms with E-state index >= 15 is 0 Å². The highest BCUT2D eigenvalue weighted by atomic mass is 16.3. The van der Waals surface area contributed by atoms with Crippen molar-refractivity contribution in [3.63, 3.8) is 0 Å². The predicted molar refractivity (Wildman–Crippen MR) is 104 cm³/mol. The number of likely N-dealkylation sites (tertiary alicyclic amines) is 2. The molecule has 2 fully saturated rings. The van der Waals surface area contributed by atoms with Crippen LogP contribution in [0.3, 0.4) is 0 Å². The van der Waals surface area contributed by atoms with Gasteiger partial charge in [0.2, 0.25) is 0 Å². The lowest BCUT2D eigenvalue weighted by atomic mass is 9.69. The summed E-state index contributed by atoms with van der Waals surface area (Å²) in [6.45, 7) is 5.93. The molecule has 2 aliphatic rings. The maximum absolute atomic E-state index is 12.6. The lowest BCUT2D eigenvalue weighted by Crippen LogP contribution is -2.61. The largest absolute Gasteiger partial charge is 0.396 e. The molecule has 0 saturated carbocycles. The van der Waals surface area contributed by atoms with Gasteiger partial charge >= 0.3 is 0 Å². The first kappa shape index (κ1) is 17.7. The zero-order valence-corrected chi connectivity index (χ0v) is 15.8. The Morgan fingerprint density at radius 1 is 1.27 bits per heavy atom. The van der Waals surface area contributed by atoms with E-state index < -0.39 is 0 Å². The summed E-state index contributed by atoms with van der Waals surface area (Å²) in [6, 6.07) is 8.58. The van der Waals surface area contributed by atoms with Crippen LogP contribution in [0.15, 0.2) is 29.1 Å². The SMILES string of the molecule is Cc1ccc2cc(CN3CC[C@@]4(CO)CCCN(C)[C@@H]4C3)c(=O)[nH]c2c1. The van der Waals surface area contributed by atoms with Gasteiger partial charge in [-0.3, -0.25) is 9.69 Å². The first-order valence-electron chi connectivity index (χ1n) is 9.67. The molecule has 26 heavy (non-hydrogen) atoms. The smallest absolute Gasteiger partial charge is 0.252 e. The van der Waals surface area contributed by atoms with Crippen LogP contribution in [0.1, 0.15) is 30.4 Å². The number of pyridine rings is 1. The number of nitrogens with zero attached hydrogens (tertiary/aromatic N) is 2. The molecule has 2 aliphatic heterocycles. The van der Waals surface area contributed by atoms with Crippen LogP contribution in [-0.4, -0.2) is 59.2 Å². The minimum Gasteiger partial charge on any atom is -0.396 e. The number of likely N-dealkylation sites (N-methyl/N-ethyl adjacent to an activating group) is 1. The van der Waals surface area contributed by atoms with Gasteiger partial charge in [-0.15, -0.1) is 0 Å². The highest BCUT2D eigenvalue weighted by molar-refractivity contribution is 5.79. The number of nitrogens with one attached hydrogen (secondary N) is 1. The Morgan fingerprint density at radius 3 is 2.92 bits per heavy atom. The Morgan fingerprint density at radius 2 is 2.12 bits per heavy atom. The van der Waals surface area contributed by atoms with Crippen molar-refractivity contribution in [2.75, 3.05) is 33.3 Å². The van der Waals surface area contributed by atoms with Crippen LogP contribution in [0, 0.1) is 12.3 Å². The van der Waals surface area contributed by atoms with Crippen LogP contribution in [0.4, 0.5) is 0 Å².